The Hall–Kier alpha value is -1.42. The van der Waals surface area contributed by atoms with Gasteiger partial charge in [-0.2, -0.15) is 0 Å². The zero-order valence-electron chi connectivity index (χ0n) is 11.7. The van der Waals surface area contributed by atoms with E-state index in [0.29, 0.717) is 12.3 Å². The molecular weight excluding hydrogens is 240 g/mol. The summed E-state index contributed by atoms with van der Waals surface area (Å²) in [7, 11) is 0. The quantitative estimate of drug-likeness (QED) is 0.906. The fourth-order valence-electron chi connectivity index (χ4n) is 3.00. The van der Waals surface area contributed by atoms with Crippen molar-refractivity contribution in [1.29, 1.82) is 0 Å². The van der Waals surface area contributed by atoms with Crippen molar-refractivity contribution in [1.82, 2.24) is 9.88 Å². The van der Waals surface area contributed by atoms with E-state index in [2.05, 4.69) is 23.7 Å². The molecule has 104 valence electrons. The number of carboxylic acids is 1. The number of hydrogen-bond donors (Lipinski definition) is 1. The minimum absolute atomic E-state index is 0.0572. The van der Waals surface area contributed by atoms with Gasteiger partial charge in [0.15, 0.2) is 0 Å². The molecule has 0 amide bonds. The average molecular weight is 262 g/mol. The summed E-state index contributed by atoms with van der Waals surface area (Å²) in [6.45, 7) is 6.30. The number of aliphatic carboxylic acids is 1. The van der Waals surface area contributed by atoms with Crippen LogP contribution in [-0.2, 0) is 11.3 Å². The standard InChI is InChI=1S/C15H22N2O2/c1-15(2)10-13(9-14(18)19)5-8-17(15)11-12-3-6-16-7-4-12/h3-4,6-7,13H,5,8-11H2,1-2H3,(H,18,19). The normalized spacial score (nSPS) is 23.2. The predicted octanol–water partition coefficient (Wildman–Crippen LogP) is 2.55. The van der Waals surface area contributed by atoms with Crippen LogP contribution in [0.15, 0.2) is 24.5 Å². The van der Waals surface area contributed by atoms with E-state index in [1.165, 1.54) is 5.56 Å². The molecule has 1 aromatic rings. The summed E-state index contributed by atoms with van der Waals surface area (Å²) in [5.41, 5.74) is 1.32. The molecule has 2 heterocycles. The number of nitrogens with zero attached hydrogens (tertiary/aromatic N) is 2. The molecule has 4 heteroatoms. The SMILES string of the molecule is CC1(C)CC(CC(=O)O)CCN1Cc1ccncc1. The highest BCUT2D eigenvalue weighted by Gasteiger charge is 2.35. The molecule has 1 atom stereocenters. The Bertz CT molecular complexity index is 431. The molecule has 0 spiro atoms. The van der Waals surface area contributed by atoms with E-state index in [-0.39, 0.29) is 5.54 Å². The number of carbonyl (C=O) groups is 1. The summed E-state index contributed by atoms with van der Waals surface area (Å²) in [4.78, 5) is 17.3. The van der Waals surface area contributed by atoms with Crippen molar-refractivity contribution in [3.8, 4) is 0 Å². The van der Waals surface area contributed by atoms with Crippen LogP contribution in [0.2, 0.25) is 0 Å². The molecule has 1 aliphatic heterocycles. The molecule has 1 unspecified atom stereocenters. The van der Waals surface area contributed by atoms with E-state index >= 15 is 0 Å². The van der Waals surface area contributed by atoms with Crippen LogP contribution in [0, 0.1) is 5.92 Å². The van der Waals surface area contributed by atoms with Gasteiger partial charge in [-0.25, -0.2) is 0 Å². The highest BCUT2D eigenvalue weighted by Crippen LogP contribution is 2.34. The zero-order chi connectivity index (χ0) is 13.9. The fourth-order valence-corrected chi connectivity index (χ4v) is 3.00. The molecule has 1 N–H and O–H groups in total. The van der Waals surface area contributed by atoms with Gasteiger partial charge in [0, 0.05) is 30.9 Å². The van der Waals surface area contributed by atoms with Gasteiger partial charge in [0.25, 0.3) is 0 Å². The van der Waals surface area contributed by atoms with E-state index in [4.69, 9.17) is 5.11 Å². The van der Waals surface area contributed by atoms with Gasteiger partial charge in [-0.3, -0.25) is 14.7 Å². The van der Waals surface area contributed by atoms with Crippen LogP contribution in [0.1, 0.15) is 38.7 Å². The lowest BCUT2D eigenvalue weighted by Crippen LogP contribution is -2.49. The third-order valence-corrected chi connectivity index (χ3v) is 4.04. The Labute approximate surface area is 114 Å². The van der Waals surface area contributed by atoms with Crippen molar-refractivity contribution in [2.75, 3.05) is 6.54 Å². The zero-order valence-corrected chi connectivity index (χ0v) is 11.7. The first-order chi connectivity index (χ1) is 8.97. The minimum atomic E-state index is -0.677. The second-order valence-electron chi connectivity index (χ2n) is 6.05. The van der Waals surface area contributed by atoms with Crippen molar-refractivity contribution in [2.45, 2.75) is 45.2 Å². The van der Waals surface area contributed by atoms with E-state index < -0.39 is 5.97 Å². The molecule has 1 saturated heterocycles. The van der Waals surface area contributed by atoms with Crippen LogP contribution in [0.4, 0.5) is 0 Å². The molecule has 1 fully saturated rings. The van der Waals surface area contributed by atoms with Crippen LogP contribution in [0.25, 0.3) is 0 Å². The molecule has 2 rings (SSSR count). The molecule has 19 heavy (non-hydrogen) atoms. The number of aromatic nitrogens is 1. The predicted molar refractivity (Wildman–Crippen MR) is 73.7 cm³/mol. The Morgan fingerprint density at radius 1 is 1.47 bits per heavy atom. The van der Waals surface area contributed by atoms with Crippen LogP contribution >= 0.6 is 0 Å². The number of piperidine rings is 1. The largest absolute Gasteiger partial charge is 0.481 e. The lowest BCUT2D eigenvalue weighted by molar-refractivity contribution is -0.139. The number of rotatable bonds is 4. The maximum atomic E-state index is 10.8. The molecule has 0 aliphatic carbocycles. The van der Waals surface area contributed by atoms with Gasteiger partial charge in [0.2, 0.25) is 0 Å². The molecule has 0 radical (unpaired) electrons. The van der Waals surface area contributed by atoms with Crippen LogP contribution in [0.5, 0.6) is 0 Å². The summed E-state index contributed by atoms with van der Waals surface area (Å²) in [6, 6.07) is 4.08. The van der Waals surface area contributed by atoms with Crippen LogP contribution in [0.3, 0.4) is 0 Å². The summed E-state index contributed by atoms with van der Waals surface area (Å²) < 4.78 is 0. The molecule has 0 bridgehead atoms. The maximum absolute atomic E-state index is 10.8. The molecule has 1 aliphatic rings. The van der Waals surface area contributed by atoms with Gasteiger partial charge in [-0.05, 0) is 56.8 Å². The van der Waals surface area contributed by atoms with Crippen molar-refractivity contribution in [3.05, 3.63) is 30.1 Å². The third-order valence-electron chi connectivity index (χ3n) is 4.04. The van der Waals surface area contributed by atoms with Crippen molar-refractivity contribution >= 4 is 5.97 Å². The van der Waals surface area contributed by atoms with Crippen LogP contribution < -0.4 is 0 Å². The third kappa shape index (κ3) is 3.77. The average Bonchev–Trinajstić information content (AvgIpc) is 2.33. The van der Waals surface area contributed by atoms with E-state index in [9.17, 15) is 4.79 Å². The monoisotopic (exact) mass is 262 g/mol. The van der Waals surface area contributed by atoms with Gasteiger partial charge < -0.3 is 5.11 Å². The lowest BCUT2D eigenvalue weighted by Gasteiger charge is -2.45. The fraction of sp³-hybridized carbons (Fsp3) is 0.600. The summed E-state index contributed by atoms with van der Waals surface area (Å²) in [5.74, 6) is -0.371. The number of likely N-dealkylation sites (tertiary alicyclic amines) is 1. The highest BCUT2D eigenvalue weighted by atomic mass is 16.4. The van der Waals surface area contributed by atoms with E-state index in [1.807, 2.05) is 24.5 Å². The highest BCUT2D eigenvalue weighted by molar-refractivity contribution is 5.67. The molecule has 0 saturated carbocycles. The second kappa shape index (κ2) is 5.70. The molecular formula is C15H22N2O2. The first-order valence-corrected chi connectivity index (χ1v) is 6.83. The summed E-state index contributed by atoms with van der Waals surface area (Å²) >= 11 is 0. The van der Waals surface area contributed by atoms with E-state index in [1.54, 1.807) is 0 Å². The number of pyridine rings is 1. The van der Waals surface area contributed by atoms with Gasteiger partial charge in [-0.1, -0.05) is 0 Å². The smallest absolute Gasteiger partial charge is 0.303 e. The Kier molecular flexibility index (Phi) is 4.20. The Morgan fingerprint density at radius 3 is 2.74 bits per heavy atom. The molecule has 0 aromatic carbocycles. The summed E-state index contributed by atoms with van der Waals surface area (Å²) in [5, 5.41) is 8.92. The van der Waals surface area contributed by atoms with Gasteiger partial charge >= 0.3 is 5.97 Å². The van der Waals surface area contributed by atoms with E-state index in [0.717, 1.165) is 25.9 Å². The first kappa shape index (κ1) is 14.0. The van der Waals surface area contributed by atoms with Crippen molar-refractivity contribution in [2.24, 2.45) is 5.92 Å². The maximum Gasteiger partial charge on any atom is 0.303 e. The van der Waals surface area contributed by atoms with Crippen molar-refractivity contribution in [3.63, 3.8) is 0 Å². The Balaban J connectivity index is 1.98. The molecule has 4 nitrogen and oxygen atoms in total. The van der Waals surface area contributed by atoms with Gasteiger partial charge in [0.05, 0.1) is 0 Å². The minimum Gasteiger partial charge on any atom is -0.481 e. The van der Waals surface area contributed by atoms with Crippen LogP contribution in [-0.4, -0.2) is 33.0 Å². The number of hydrogen-bond acceptors (Lipinski definition) is 3. The second-order valence-corrected chi connectivity index (χ2v) is 6.05. The topological polar surface area (TPSA) is 53.4 Å². The Morgan fingerprint density at radius 2 is 2.16 bits per heavy atom. The first-order valence-electron chi connectivity index (χ1n) is 6.83. The molecule has 1 aromatic heterocycles. The summed E-state index contributed by atoms with van der Waals surface area (Å²) in [6.07, 6.45) is 5.86. The lowest BCUT2D eigenvalue weighted by atomic mass is 9.81. The van der Waals surface area contributed by atoms with Crippen molar-refractivity contribution < 1.29 is 9.90 Å². The van der Waals surface area contributed by atoms with Gasteiger partial charge in [0.1, 0.15) is 0 Å². The van der Waals surface area contributed by atoms with Gasteiger partial charge in [-0.15, -0.1) is 0 Å². The number of carboxylic acid groups (broad SMARTS) is 1.